The first kappa shape index (κ1) is 14.4. The summed E-state index contributed by atoms with van der Waals surface area (Å²) in [6, 6.07) is 8.04. The molecule has 1 aromatic carbocycles. The number of benzene rings is 1. The van der Waals surface area contributed by atoms with Gasteiger partial charge in [-0.2, -0.15) is 5.10 Å². The summed E-state index contributed by atoms with van der Waals surface area (Å²) in [7, 11) is 1.86. The van der Waals surface area contributed by atoms with Crippen molar-refractivity contribution >= 4 is 16.8 Å². The van der Waals surface area contributed by atoms with E-state index in [1.54, 1.807) is 10.9 Å². The van der Waals surface area contributed by atoms with Crippen LogP contribution in [0.25, 0.3) is 10.9 Å². The lowest BCUT2D eigenvalue weighted by Crippen LogP contribution is -2.26. The second kappa shape index (κ2) is 5.67. The molecule has 0 aliphatic heterocycles. The molecule has 0 fully saturated rings. The molecule has 0 aliphatic carbocycles. The highest BCUT2D eigenvalue weighted by Gasteiger charge is 2.14. The van der Waals surface area contributed by atoms with Crippen LogP contribution in [0.15, 0.2) is 36.7 Å². The third kappa shape index (κ3) is 2.74. The predicted molar refractivity (Wildman–Crippen MR) is 86.8 cm³/mol. The molecule has 2 N–H and O–H groups in total. The number of aryl methyl sites for hydroxylation is 2. The molecule has 1 amide bonds. The monoisotopic (exact) mass is 296 g/mol. The minimum Gasteiger partial charge on any atom is -0.351 e. The molecule has 0 saturated heterocycles. The number of H-pyrrole nitrogens is 1. The number of aromatic amines is 1. The Hall–Kier alpha value is -2.56. The Kier molecular flexibility index (Phi) is 3.71. The topological polar surface area (TPSA) is 62.7 Å². The Morgan fingerprint density at radius 3 is 2.91 bits per heavy atom. The standard InChI is InChI=1S/C17H20N4O/c1-4-12-5-6-15-13(7-12)8-16(20-15)17(22)19-11(2)14-9-18-21(3)10-14/h5-11,20H,4H2,1-3H3,(H,19,22). The van der Waals surface area contributed by atoms with Crippen molar-refractivity contribution in [2.75, 3.05) is 0 Å². The second-order valence-corrected chi connectivity index (χ2v) is 5.60. The highest BCUT2D eigenvalue weighted by atomic mass is 16.1. The average molecular weight is 296 g/mol. The van der Waals surface area contributed by atoms with Gasteiger partial charge in [-0.05, 0) is 37.1 Å². The van der Waals surface area contributed by atoms with Crippen molar-refractivity contribution in [2.45, 2.75) is 26.3 Å². The number of carbonyl (C=O) groups excluding carboxylic acids is 1. The molecule has 1 atom stereocenters. The van der Waals surface area contributed by atoms with E-state index in [1.165, 1.54) is 5.56 Å². The normalized spacial score (nSPS) is 12.5. The Morgan fingerprint density at radius 2 is 2.23 bits per heavy atom. The molecular weight excluding hydrogens is 276 g/mol. The van der Waals surface area contributed by atoms with Gasteiger partial charge in [0.25, 0.3) is 5.91 Å². The second-order valence-electron chi connectivity index (χ2n) is 5.60. The number of aromatic nitrogens is 3. The molecule has 3 rings (SSSR count). The van der Waals surface area contributed by atoms with E-state index in [0.717, 1.165) is 22.9 Å². The fourth-order valence-corrected chi connectivity index (χ4v) is 2.55. The summed E-state index contributed by atoms with van der Waals surface area (Å²) in [5.41, 5.74) is 3.82. The summed E-state index contributed by atoms with van der Waals surface area (Å²) < 4.78 is 1.73. The third-order valence-electron chi connectivity index (χ3n) is 3.91. The summed E-state index contributed by atoms with van der Waals surface area (Å²) in [6.45, 7) is 4.07. The molecular formula is C17H20N4O. The van der Waals surface area contributed by atoms with E-state index >= 15 is 0 Å². The first-order valence-corrected chi connectivity index (χ1v) is 7.48. The first-order valence-electron chi connectivity index (χ1n) is 7.48. The number of nitrogens with zero attached hydrogens (tertiary/aromatic N) is 2. The number of fused-ring (bicyclic) bond motifs is 1. The van der Waals surface area contributed by atoms with Gasteiger partial charge in [-0.1, -0.05) is 13.0 Å². The average Bonchev–Trinajstić information content (AvgIpc) is 3.12. The molecule has 5 nitrogen and oxygen atoms in total. The van der Waals surface area contributed by atoms with Crippen LogP contribution in [0.5, 0.6) is 0 Å². The first-order chi connectivity index (χ1) is 10.6. The summed E-state index contributed by atoms with van der Waals surface area (Å²) in [4.78, 5) is 15.6. The summed E-state index contributed by atoms with van der Waals surface area (Å²) in [5, 5.41) is 8.19. The lowest BCUT2D eigenvalue weighted by Gasteiger charge is -2.10. The number of rotatable bonds is 4. The molecule has 0 spiro atoms. The zero-order valence-corrected chi connectivity index (χ0v) is 13.1. The van der Waals surface area contributed by atoms with E-state index < -0.39 is 0 Å². The van der Waals surface area contributed by atoms with Crippen LogP contribution in [-0.2, 0) is 13.5 Å². The van der Waals surface area contributed by atoms with Crippen molar-refractivity contribution in [3.63, 3.8) is 0 Å². The number of hydrogen-bond acceptors (Lipinski definition) is 2. The number of carbonyl (C=O) groups is 1. The van der Waals surface area contributed by atoms with E-state index in [-0.39, 0.29) is 11.9 Å². The molecule has 5 heteroatoms. The van der Waals surface area contributed by atoms with Crippen molar-refractivity contribution in [2.24, 2.45) is 7.05 Å². The Bertz CT molecular complexity index is 815. The quantitative estimate of drug-likeness (QED) is 0.777. The number of amides is 1. The van der Waals surface area contributed by atoms with Gasteiger partial charge in [-0.25, -0.2) is 0 Å². The van der Waals surface area contributed by atoms with Crippen LogP contribution >= 0.6 is 0 Å². The lowest BCUT2D eigenvalue weighted by atomic mass is 10.1. The van der Waals surface area contributed by atoms with Crippen molar-refractivity contribution < 1.29 is 4.79 Å². The molecule has 2 aromatic heterocycles. The molecule has 1 unspecified atom stereocenters. The fourth-order valence-electron chi connectivity index (χ4n) is 2.55. The van der Waals surface area contributed by atoms with E-state index in [9.17, 15) is 4.79 Å². The maximum Gasteiger partial charge on any atom is 0.268 e. The minimum absolute atomic E-state index is 0.0844. The number of hydrogen-bond donors (Lipinski definition) is 2. The Labute approximate surface area is 129 Å². The minimum atomic E-state index is -0.106. The molecule has 2 heterocycles. The van der Waals surface area contributed by atoms with E-state index in [1.807, 2.05) is 32.3 Å². The van der Waals surface area contributed by atoms with Crippen molar-refractivity contribution in [3.8, 4) is 0 Å². The fraction of sp³-hybridized carbons (Fsp3) is 0.294. The van der Waals surface area contributed by atoms with Gasteiger partial charge in [0.2, 0.25) is 0 Å². The third-order valence-corrected chi connectivity index (χ3v) is 3.91. The zero-order chi connectivity index (χ0) is 15.7. The van der Waals surface area contributed by atoms with Gasteiger partial charge in [0.05, 0.1) is 12.2 Å². The van der Waals surface area contributed by atoms with Gasteiger partial charge in [-0.3, -0.25) is 9.48 Å². The van der Waals surface area contributed by atoms with Crippen LogP contribution in [0.3, 0.4) is 0 Å². The highest BCUT2D eigenvalue weighted by Crippen LogP contribution is 2.19. The molecule has 0 bridgehead atoms. The van der Waals surface area contributed by atoms with Gasteiger partial charge in [0, 0.05) is 29.7 Å². The maximum atomic E-state index is 12.4. The van der Waals surface area contributed by atoms with Crippen LogP contribution in [0.1, 0.15) is 41.5 Å². The van der Waals surface area contributed by atoms with Gasteiger partial charge in [-0.15, -0.1) is 0 Å². The molecule has 22 heavy (non-hydrogen) atoms. The SMILES string of the molecule is CCc1ccc2[nH]c(C(=O)NC(C)c3cnn(C)c3)cc2c1. The van der Waals surface area contributed by atoms with Crippen molar-refractivity contribution in [1.82, 2.24) is 20.1 Å². The van der Waals surface area contributed by atoms with E-state index in [2.05, 4.69) is 34.5 Å². The summed E-state index contributed by atoms with van der Waals surface area (Å²) >= 11 is 0. The predicted octanol–water partition coefficient (Wildman–Crippen LogP) is 2.95. The van der Waals surface area contributed by atoms with Crippen LogP contribution in [0.4, 0.5) is 0 Å². The van der Waals surface area contributed by atoms with Crippen LogP contribution < -0.4 is 5.32 Å². The van der Waals surface area contributed by atoms with Crippen LogP contribution in [0, 0.1) is 0 Å². The lowest BCUT2D eigenvalue weighted by molar-refractivity contribution is 0.0935. The van der Waals surface area contributed by atoms with Gasteiger partial charge >= 0.3 is 0 Å². The molecule has 0 radical (unpaired) electrons. The molecule has 0 saturated carbocycles. The molecule has 0 aliphatic rings. The van der Waals surface area contributed by atoms with E-state index in [4.69, 9.17) is 0 Å². The van der Waals surface area contributed by atoms with Crippen molar-refractivity contribution in [3.05, 3.63) is 53.5 Å². The van der Waals surface area contributed by atoms with Gasteiger partial charge < -0.3 is 10.3 Å². The Balaban J connectivity index is 1.79. The van der Waals surface area contributed by atoms with Crippen molar-refractivity contribution in [1.29, 1.82) is 0 Å². The van der Waals surface area contributed by atoms with Crippen LogP contribution in [0.2, 0.25) is 0 Å². The molecule has 3 aromatic rings. The maximum absolute atomic E-state index is 12.4. The largest absolute Gasteiger partial charge is 0.351 e. The highest BCUT2D eigenvalue weighted by molar-refractivity contribution is 5.98. The van der Waals surface area contributed by atoms with Crippen LogP contribution in [-0.4, -0.2) is 20.7 Å². The summed E-state index contributed by atoms with van der Waals surface area (Å²) in [6.07, 6.45) is 4.66. The zero-order valence-electron chi connectivity index (χ0n) is 13.1. The number of nitrogens with one attached hydrogen (secondary N) is 2. The van der Waals surface area contributed by atoms with Gasteiger partial charge in [0.15, 0.2) is 0 Å². The molecule has 114 valence electrons. The van der Waals surface area contributed by atoms with E-state index in [0.29, 0.717) is 5.69 Å². The van der Waals surface area contributed by atoms with Gasteiger partial charge in [0.1, 0.15) is 5.69 Å². The smallest absolute Gasteiger partial charge is 0.268 e. The Morgan fingerprint density at radius 1 is 1.41 bits per heavy atom. The summed E-state index contributed by atoms with van der Waals surface area (Å²) in [5.74, 6) is -0.106.